The average Bonchev–Trinajstić information content (AvgIpc) is 3.18. The van der Waals surface area contributed by atoms with Crippen molar-refractivity contribution in [2.45, 2.75) is 12.3 Å². The maximum Gasteiger partial charge on any atom is 0.229 e. The van der Waals surface area contributed by atoms with Crippen LogP contribution in [0.2, 0.25) is 0 Å². The number of aryl methyl sites for hydroxylation is 1. The van der Waals surface area contributed by atoms with Crippen molar-refractivity contribution in [2.24, 2.45) is 13.0 Å². The van der Waals surface area contributed by atoms with E-state index in [9.17, 15) is 4.79 Å². The van der Waals surface area contributed by atoms with Gasteiger partial charge in [0.2, 0.25) is 5.91 Å². The van der Waals surface area contributed by atoms with Gasteiger partial charge < -0.3 is 15.7 Å². The molecule has 3 N–H and O–H groups in total. The Morgan fingerprint density at radius 3 is 2.75 bits per heavy atom. The number of benzene rings is 1. The summed E-state index contributed by atoms with van der Waals surface area (Å²) in [5.41, 5.74) is 2.94. The lowest BCUT2D eigenvalue weighted by molar-refractivity contribution is -0.119. The molecular weight excluding hydrogens is 328 g/mol. The molecule has 2 atom stereocenters. The van der Waals surface area contributed by atoms with Crippen LogP contribution in [0.3, 0.4) is 0 Å². The number of halogens is 1. The molecule has 1 aromatic heterocycles. The van der Waals surface area contributed by atoms with Crippen molar-refractivity contribution in [3.05, 3.63) is 47.8 Å². The van der Waals surface area contributed by atoms with Gasteiger partial charge in [-0.1, -0.05) is 12.1 Å². The quantitative estimate of drug-likeness (QED) is 0.760. The molecule has 24 heavy (non-hydrogen) atoms. The van der Waals surface area contributed by atoms with Crippen LogP contribution in [0.5, 0.6) is 0 Å². The first-order valence-corrected chi connectivity index (χ1v) is 7.87. The molecule has 1 aromatic carbocycles. The lowest BCUT2D eigenvalue weighted by atomic mass is 9.90. The normalized spacial score (nSPS) is 19.8. The van der Waals surface area contributed by atoms with Gasteiger partial charge in [0.15, 0.2) is 0 Å². The summed E-state index contributed by atoms with van der Waals surface area (Å²) in [5, 5.41) is 19.4. The van der Waals surface area contributed by atoms with Crippen LogP contribution in [0.1, 0.15) is 17.0 Å². The fourth-order valence-electron chi connectivity index (χ4n) is 3.05. The molecule has 130 valence electrons. The number of nitrogens with one attached hydrogen (secondary N) is 2. The van der Waals surface area contributed by atoms with E-state index in [0.717, 1.165) is 23.4 Å². The Hall–Kier alpha value is -1.89. The minimum Gasteiger partial charge on any atom is -0.396 e. The van der Waals surface area contributed by atoms with E-state index >= 15 is 0 Å². The molecule has 3 rings (SSSR count). The first kappa shape index (κ1) is 18.4. The summed E-state index contributed by atoms with van der Waals surface area (Å²) in [5.74, 6) is 0.0763. The van der Waals surface area contributed by atoms with E-state index in [1.807, 2.05) is 43.7 Å². The summed E-state index contributed by atoms with van der Waals surface area (Å²) in [6, 6.07) is 7.61. The zero-order valence-corrected chi connectivity index (χ0v) is 14.4. The fraction of sp³-hybridized carbons (Fsp3) is 0.412. The SMILES string of the molecule is Cl.Cn1cc([C@H]2CNC[C@@H]2C(=O)Nc2ccc(CCO)cc2)cn1. The van der Waals surface area contributed by atoms with Gasteiger partial charge in [-0.2, -0.15) is 5.10 Å². The highest BCUT2D eigenvalue weighted by atomic mass is 35.5. The topological polar surface area (TPSA) is 79.2 Å². The molecule has 2 heterocycles. The molecule has 1 aliphatic rings. The number of hydrogen-bond donors (Lipinski definition) is 3. The van der Waals surface area contributed by atoms with E-state index in [2.05, 4.69) is 15.7 Å². The highest BCUT2D eigenvalue weighted by molar-refractivity contribution is 5.93. The predicted molar refractivity (Wildman–Crippen MR) is 95.4 cm³/mol. The first-order chi connectivity index (χ1) is 11.2. The summed E-state index contributed by atoms with van der Waals surface area (Å²) in [4.78, 5) is 12.6. The second-order valence-corrected chi connectivity index (χ2v) is 5.98. The number of carbonyl (C=O) groups is 1. The number of amides is 1. The maximum atomic E-state index is 12.6. The van der Waals surface area contributed by atoms with E-state index in [0.29, 0.717) is 13.0 Å². The fourth-order valence-corrected chi connectivity index (χ4v) is 3.05. The maximum absolute atomic E-state index is 12.6. The number of aliphatic hydroxyl groups is 1. The third-order valence-corrected chi connectivity index (χ3v) is 4.33. The zero-order valence-electron chi connectivity index (χ0n) is 13.6. The summed E-state index contributed by atoms with van der Waals surface area (Å²) < 4.78 is 1.77. The summed E-state index contributed by atoms with van der Waals surface area (Å²) >= 11 is 0. The number of anilines is 1. The van der Waals surface area contributed by atoms with Crippen LogP contribution in [0.25, 0.3) is 0 Å². The Balaban J connectivity index is 0.00000208. The predicted octanol–water partition coefficient (Wildman–Crippen LogP) is 1.32. The summed E-state index contributed by atoms with van der Waals surface area (Å²) in [7, 11) is 1.88. The van der Waals surface area contributed by atoms with Crippen molar-refractivity contribution in [2.75, 3.05) is 25.0 Å². The Morgan fingerprint density at radius 1 is 1.38 bits per heavy atom. The van der Waals surface area contributed by atoms with E-state index in [-0.39, 0.29) is 36.8 Å². The summed E-state index contributed by atoms with van der Waals surface area (Å²) in [6.45, 7) is 1.60. The largest absolute Gasteiger partial charge is 0.396 e. The highest BCUT2D eigenvalue weighted by Gasteiger charge is 2.34. The Labute approximate surface area is 147 Å². The second-order valence-electron chi connectivity index (χ2n) is 5.98. The monoisotopic (exact) mass is 350 g/mol. The molecule has 0 bridgehead atoms. The number of nitrogens with zero attached hydrogens (tertiary/aromatic N) is 2. The van der Waals surface area contributed by atoms with Crippen LogP contribution in [0.4, 0.5) is 5.69 Å². The van der Waals surface area contributed by atoms with Crippen LogP contribution in [-0.4, -0.2) is 40.5 Å². The van der Waals surface area contributed by atoms with Gasteiger partial charge in [0.25, 0.3) is 0 Å². The van der Waals surface area contributed by atoms with E-state index < -0.39 is 0 Å². The molecule has 1 aliphatic heterocycles. The molecule has 0 saturated carbocycles. The molecule has 1 fully saturated rings. The molecular formula is C17H23ClN4O2. The smallest absolute Gasteiger partial charge is 0.229 e. The van der Waals surface area contributed by atoms with Gasteiger partial charge in [0, 0.05) is 44.5 Å². The van der Waals surface area contributed by atoms with Gasteiger partial charge in [0.05, 0.1) is 12.1 Å². The molecule has 1 saturated heterocycles. The second kappa shape index (κ2) is 8.28. The van der Waals surface area contributed by atoms with Gasteiger partial charge in [-0.05, 0) is 29.7 Å². The van der Waals surface area contributed by atoms with Crippen LogP contribution in [-0.2, 0) is 18.3 Å². The molecule has 0 unspecified atom stereocenters. The molecule has 2 aromatic rings. The molecule has 7 heteroatoms. The van der Waals surface area contributed by atoms with Crippen LogP contribution in [0, 0.1) is 5.92 Å². The number of aliphatic hydroxyl groups excluding tert-OH is 1. The van der Waals surface area contributed by atoms with E-state index in [1.165, 1.54) is 0 Å². The van der Waals surface area contributed by atoms with Gasteiger partial charge in [-0.25, -0.2) is 0 Å². The Bertz CT molecular complexity index is 671. The van der Waals surface area contributed by atoms with Crippen molar-refractivity contribution in [3.63, 3.8) is 0 Å². The van der Waals surface area contributed by atoms with E-state index in [4.69, 9.17) is 5.11 Å². The minimum atomic E-state index is -0.101. The van der Waals surface area contributed by atoms with Crippen LogP contribution < -0.4 is 10.6 Å². The van der Waals surface area contributed by atoms with Gasteiger partial charge in [-0.15, -0.1) is 12.4 Å². The zero-order chi connectivity index (χ0) is 16.2. The first-order valence-electron chi connectivity index (χ1n) is 7.87. The number of carbonyl (C=O) groups excluding carboxylic acids is 1. The minimum absolute atomic E-state index is 0. The van der Waals surface area contributed by atoms with Crippen molar-refractivity contribution in [3.8, 4) is 0 Å². The summed E-state index contributed by atoms with van der Waals surface area (Å²) in [6.07, 6.45) is 4.44. The van der Waals surface area contributed by atoms with Crippen molar-refractivity contribution < 1.29 is 9.90 Å². The van der Waals surface area contributed by atoms with Crippen molar-refractivity contribution in [1.82, 2.24) is 15.1 Å². The van der Waals surface area contributed by atoms with Crippen molar-refractivity contribution >= 4 is 24.0 Å². The standard InChI is InChI=1S/C17H22N4O2.ClH/c1-21-11-13(8-19-21)15-9-18-10-16(15)17(23)20-14-4-2-12(3-5-14)6-7-22;/h2-5,8,11,15-16,18,22H,6-7,9-10H2,1H3,(H,20,23);1H/t15-,16+;/m1./s1. The molecule has 0 radical (unpaired) electrons. The lowest BCUT2D eigenvalue weighted by Crippen LogP contribution is -2.28. The lowest BCUT2D eigenvalue weighted by Gasteiger charge is -2.17. The Kier molecular flexibility index (Phi) is 6.36. The van der Waals surface area contributed by atoms with Crippen LogP contribution >= 0.6 is 12.4 Å². The van der Waals surface area contributed by atoms with E-state index in [1.54, 1.807) is 4.68 Å². The van der Waals surface area contributed by atoms with Gasteiger partial charge >= 0.3 is 0 Å². The molecule has 6 nitrogen and oxygen atoms in total. The highest BCUT2D eigenvalue weighted by Crippen LogP contribution is 2.28. The number of hydrogen-bond acceptors (Lipinski definition) is 4. The van der Waals surface area contributed by atoms with Crippen LogP contribution in [0.15, 0.2) is 36.7 Å². The van der Waals surface area contributed by atoms with Gasteiger partial charge in [-0.3, -0.25) is 9.48 Å². The molecule has 0 spiro atoms. The molecule has 0 aliphatic carbocycles. The van der Waals surface area contributed by atoms with Gasteiger partial charge in [0.1, 0.15) is 0 Å². The molecule has 1 amide bonds. The Morgan fingerprint density at radius 2 is 2.12 bits per heavy atom. The average molecular weight is 351 g/mol. The number of aromatic nitrogens is 2. The third-order valence-electron chi connectivity index (χ3n) is 4.33. The van der Waals surface area contributed by atoms with Crippen molar-refractivity contribution in [1.29, 1.82) is 0 Å². The number of rotatable bonds is 5. The third kappa shape index (κ3) is 4.14.